The summed E-state index contributed by atoms with van der Waals surface area (Å²) in [4.78, 5) is 38.8. The number of benzene rings is 1. The maximum absolute atomic E-state index is 12.8. The minimum Gasteiger partial charge on any atom is -0.310 e. The number of rotatable bonds is 2. The molecule has 6 nitrogen and oxygen atoms in total. The fourth-order valence-corrected chi connectivity index (χ4v) is 3.47. The number of hydrogen-bond donors (Lipinski definition) is 1. The van der Waals surface area contributed by atoms with Crippen molar-refractivity contribution in [2.45, 2.75) is 13.8 Å². The SMILES string of the molecule is CC1=N/C(=C/c2cccs2)C(=O)N1c1ccc2nc(C)[nH]c(=O)c2c1. The number of H-pyrrole nitrogens is 1. The number of nitrogens with one attached hydrogen (secondary N) is 1. The van der Waals surface area contributed by atoms with Gasteiger partial charge >= 0.3 is 0 Å². The number of aliphatic imine (C=N–C) groups is 1. The van der Waals surface area contributed by atoms with E-state index in [9.17, 15) is 9.59 Å². The van der Waals surface area contributed by atoms with Gasteiger partial charge in [-0.15, -0.1) is 11.3 Å². The number of amidine groups is 1. The maximum atomic E-state index is 12.8. The maximum Gasteiger partial charge on any atom is 0.282 e. The predicted molar refractivity (Wildman–Crippen MR) is 100.0 cm³/mol. The molecule has 1 aliphatic rings. The molecule has 25 heavy (non-hydrogen) atoms. The van der Waals surface area contributed by atoms with Crippen molar-refractivity contribution in [1.29, 1.82) is 0 Å². The Morgan fingerprint density at radius 3 is 2.80 bits per heavy atom. The molecule has 2 aromatic heterocycles. The molecule has 4 rings (SSSR count). The highest BCUT2D eigenvalue weighted by atomic mass is 32.1. The van der Waals surface area contributed by atoms with Crippen molar-refractivity contribution < 1.29 is 4.79 Å². The van der Waals surface area contributed by atoms with E-state index in [0.717, 1.165) is 4.88 Å². The Morgan fingerprint density at radius 1 is 1.20 bits per heavy atom. The van der Waals surface area contributed by atoms with Gasteiger partial charge in [-0.25, -0.2) is 9.98 Å². The van der Waals surface area contributed by atoms with E-state index >= 15 is 0 Å². The highest BCUT2D eigenvalue weighted by Gasteiger charge is 2.29. The van der Waals surface area contributed by atoms with E-state index in [4.69, 9.17) is 0 Å². The van der Waals surface area contributed by atoms with Crippen LogP contribution in [0.1, 0.15) is 17.6 Å². The van der Waals surface area contributed by atoms with Crippen molar-refractivity contribution >= 4 is 45.7 Å². The fraction of sp³-hybridized carbons (Fsp3) is 0.111. The zero-order valence-corrected chi connectivity index (χ0v) is 14.4. The van der Waals surface area contributed by atoms with Crippen LogP contribution in [0.4, 0.5) is 5.69 Å². The van der Waals surface area contributed by atoms with E-state index in [1.807, 2.05) is 17.5 Å². The summed E-state index contributed by atoms with van der Waals surface area (Å²) in [6.07, 6.45) is 1.77. The summed E-state index contributed by atoms with van der Waals surface area (Å²) in [5, 5.41) is 2.39. The summed E-state index contributed by atoms with van der Waals surface area (Å²) in [7, 11) is 0. The average Bonchev–Trinajstić information content (AvgIpc) is 3.16. The van der Waals surface area contributed by atoms with Crippen LogP contribution < -0.4 is 10.5 Å². The third-order valence-electron chi connectivity index (χ3n) is 3.92. The minimum absolute atomic E-state index is 0.207. The molecule has 0 aliphatic carbocycles. The Morgan fingerprint density at radius 2 is 2.04 bits per heavy atom. The van der Waals surface area contributed by atoms with Crippen LogP contribution in [-0.4, -0.2) is 21.7 Å². The lowest BCUT2D eigenvalue weighted by Crippen LogP contribution is -2.30. The Bertz CT molecular complexity index is 1110. The van der Waals surface area contributed by atoms with Gasteiger partial charge in [-0.2, -0.15) is 0 Å². The topological polar surface area (TPSA) is 78.4 Å². The van der Waals surface area contributed by atoms with E-state index < -0.39 is 0 Å². The first-order valence-electron chi connectivity index (χ1n) is 7.68. The van der Waals surface area contributed by atoms with Gasteiger partial charge in [0.25, 0.3) is 11.5 Å². The predicted octanol–water partition coefficient (Wildman–Crippen LogP) is 3.10. The molecule has 0 fully saturated rings. The molecule has 1 N–H and O–H groups in total. The standard InChI is InChI=1S/C18H14N4O2S/c1-10-19-15-6-5-12(8-14(15)17(23)20-10)22-11(2)21-16(18(22)24)9-13-4-3-7-25-13/h3-9H,1-2H3,(H,19,20,23)/b16-9+. The van der Waals surface area contributed by atoms with Gasteiger partial charge in [0.2, 0.25) is 0 Å². The van der Waals surface area contributed by atoms with Crippen molar-refractivity contribution in [3.63, 3.8) is 0 Å². The van der Waals surface area contributed by atoms with Crippen LogP contribution in [0.3, 0.4) is 0 Å². The van der Waals surface area contributed by atoms with Crippen LogP contribution in [0.5, 0.6) is 0 Å². The lowest BCUT2D eigenvalue weighted by Gasteiger charge is -2.16. The molecule has 124 valence electrons. The molecule has 0 spiro atoms. The van der Waals surface area contributed by atoms with E-state index in [2.05, 4.69) is 15.0 Å². The number of amides is 1. The largest absolute Gasteiger partial charge is 0.310 e. The first-order chi connectivity index (χ1) is 12.0. The number of carbonyl (C=O) groups is 1. The van der Waals surface area contributed by atoms with Gasteiger partial charge in [-0.05, 0) is 49.6 Å². The monoisotopic (exact) mass is 350 g/mol. The number of aromatic amines is 1. The highest BCUT2D eigenvalue weighted by molar-refractivity contribution is 7.10. The van der Waals surface area contributed by atoms with Gasteiger partial charge in [0.05, 0.1) is 16.6 Å². The second-order valence-corrected chi connectivity index (χ2v) is 6.68. The molecular formula is C18H14N4O2S. The van der Waals surface area contributed by atoms with Crippen molar-refractivity contribution in [1.82, 2.24) is 9.97 Å². The normalized spacial score (nSPS) is 16.1. The van der Waals surface area contributed by atoms with Crippen molar-refractivity contribution in [2.75, 3.05) is 4.90 Å². The van der Waals surface area contributed by atoms with Gasteiger partial charge in [-0.1, -0.05) is 6.07 Å². The molecule has 0 saturated carbocycles. The molecule has 0 atom stereocenters. The number of aryl methyl sites for hydroxylation is 1. The van der Waals surface area contributed by atoms with Crippen LogP contribution in [0.25, 0.3) is 17.0 Å². The van der Waals surface area contributed by atoms with E-state index in [-0.39, 0.29) is 11.5 Å². The molecule has 7 heteroatoms. The lowest BCUT2D eigenvalue weighted by atomic mass is 10.2. The molecule has 1 aliphatic heterocycles. The number of nitrogens with zero attached hydrogens (tertiary/aromatic N) is 3. The van der Waals surface area contributed by atoms with Crippen LogP contribution >= 0.6 is 11.3 Å². The summed E-state index contributed by atoms with van der Waals surface area (Å²) in [6.45, 7) is 3.51. The number of fused-ring (bicyclic) bond motifs is 1. The average molecular weight is 350 g/mol. The number of carbonyl (C=O) groups excluding carboxylic acids is 1. The number of aromatic nitrogens is 2. The molecule has 0 radical (unpaired) electrons. The summed E-state index contributed by atoms with van der Waals surface area (Å²) in [6, 6.07) is 9.05. The second kappa shape index (κ2) is 5.78. The Hall–Kier alpha value is -3.06. The fourth-order valence-electron chi connectivity index (χ4n) is 2.82. The molecule has 3 heterocycles. The molecule has 1 aromatic carbocycles. The zero-order valence-electron chi connectivity index (χ0n) is 13.6. The van der Waals surface area contributed by atoms with Gasteiger partial charge in [0.1, 0.15) is 17.4 Å². The summed E-state index contributed by atoms with van der Waals surface area (Å²) >= 11 is 1.55. The Labute approximate surface area is 147 Å². The highest BCUT2D eigenvalue weighted by Crippen LogP contribution is 2.27. The van der Waals surface area contributed by atoms with Crippen LogP contribution in [0.2, 0.25) is 0 Å². The molecule has 0 bridgehead atoms. The second-order valence-electron chi connectivity index (χ2n) is 5.70. The van der Waals surface area contributed by atoms with E-state index in [0.29, 0.717) is 33.9 Å². The molecular weight excluding hydrogens is 336 g/mol. The van der Waals surface area contributed by atoms with Gasteiger partial charge in [-0.3, -0.25) is 14.5 Å². The third kappa shape index (κ3) is 2.68. The zero-order chi connectivity index (χ0) is 17.6. The molecule has 3 aromatic rings. The first-order valence-corrected chi connectivity index (χ1v) is 8.56. The van der Waals surface area contributed by atoms with E-state index in [1.54, 1.807) is 49.5 Å². The van der Waals surface area contributed by atoms with Crippen LogP contribution in [-0.2, 0) is 4.79 Å². The third-order valence-corrected chi connectivity index (χ3v) is 4.74. The van der Waals surface area contributed by atoms with E-state index in [1.165, 1.54) is 4.90 Å². The summed E-state index contributed by atoms with van der Waals surface area (Å²) in [5.41, 5.74) is 1.36. The van der Waals surface area contributed by atoms with Crippen molar-refractivity contribution in [3.05, 3.63) is 62.5 Å². The molecule has 1 amide bonds. The van der Waals surface area contributed by atoms with Crippen LogP contribution in [0.15, 0.2) is 51.2 Å². The minimum atomic E-state index is -0.222. The van der Waals surface area contributed by atoms with Crippen LogP contribution in [0, 0.1) is 6.92 Å². The van der Waals surface area contributed by atoms with Gasteiger partial charge in [0, 0.05) is 4.88 Å². The number of anilines is 1. The van der Waals surface area contributed by atoms with Crippen molar-refractivity contribution in [2.24, 2.45) is 4.99 Å². The summed E-state index contributed by atoms with van der Waals surface area (Å²) in [5.74, 6) is 0.923. The summed E-state index contributed by atoms with van der Waals surface area (Å²) < 4.78 is 0. The molecule has 0 saturated heterocycles. The smallest absolute Gasteiger partial charge is 0.282 e. The molecule has 0 unspecified atom stereocenters. The Balaban J connectivity index is 1.78. The Kier molecular flexibility index (Phi) is 3.58. The van der Waals surface area contributed by atoms with Gasteiger partial charge in [0.15, 0.2) is 0 Å². The number of hydrogen-bond acceptors (Lipinski definition) is 5. The quantitative estimate of drug-likeness (QED) is 0.721. The lowest BCUT2D eigenvalue weighted by molar-refractivity contribution is -0.113. The van der Waals surface area contributed by atoms with Gasteiger partial charge < -0.3 is 4.98 Å². The number of thiophene rings is 1. The van der Waals surface area contributed by atoms with Crippen molar-refractivity contribution in [3.8, 4) is 0 Å². The first kappa shape index (κ1) is 15.5.